The molecule has 0 unspecified atom stereocenters. The fourth-order valence-corrected chi connectivity index (χ4v) is 3.62. The van der Waals surface area contributed by atoms with E-state index in [0.29, 0.717) is 24.1 Å². The Bertz CT molecular complexity index is 909. The summed E-state index contributed by atoms with van der Waals surface area (Å²) in [6, 6.07) is 15.1. The Kier molecular flexibility index (Phi) is 5.98. The van der Waals surface area contributed by atoms with Gasteiger partial charge in [0, 0.05) is 29.4 Å². The molecule has 0 spiro atoms. The van der Waals surface area contributed by atoms with E-state index in [-0.39, 0.29) is 36.1 Å². The van der Waals surface area contributed by atoms with Gasteiger partial charge in [-0.25, -0.2) is 0 Å². The molecule has 0 radical (unpaired) electrons. The summed E-state index contributed by atoms with van der Waals surface area (Å²) >= 11 is 3.32. The Balaban J connectivity index is 1.48. The van der Waals surface area contributed by atoms with Crippen molar-refractivity contribution in [1.82, 2.24) is 10.2 Å². The van der Waals surface area contributed by atoms with E-state index < -0.39 is 0 Å². The van der Waals surface area contributed by atoms with Crippen LogP contribution in [0.15, 0.2) is 53.0 Å². The van der Waals surface area contributed by atoms with Gasteiger partial charge in [-0.2, -0.15) is 0 Å². The molecule has 2 aromatic carbocycles. The predicted octanol–water partition coefficient (Wildman–Crippen LogP) is 3.92. The van der Waals surface area contributed by atoms with Gasteiger partial charge < -0.3 is 5.32 Å². The highest BCUT2D eigenvalue weighted by molar-refractivity contribution is 9.10. The van der Waals surface area contributed by atoms with Crippen molar-refractivity contribution in [2.75, 3.05) is 13.1 Å². The quantitative estimate of drug-likeness (QED) is 0.660. The largest absolute Gasteiger partial charge is 0.355 e. The molecular weight excluding hydrogens is 420 g/mol. The molecule has 1 N–H and O–H groups in total. The highest BCUT2D eigenvalue weighted by atomic mass is 79.9. The van der Waals surface area contributed by atoms with Crippen molar-refractivity contribution in [3.63, 3.8) is 0 Å². The third-order valence-electron chi connectivity index (χ3n) is 5.00. The minimum atomic E-state index is -0.299. The van der Waals surface area contributed by atoms with Crippen LogP contribution < -0.4 is 5.32 Å². The van der Waals surface area contributed by atoms with Crippen LogP contribution in [-0.4, -0.2) is 35.7 Å². The van der Waals surface area contributed by atoms with E-state index in [1.165, 1.54) is 4.90 Å². The molecule has 3 rings (SSSR count). The van der Waals surface area contributed by atoms with Gasteiger partial charge in [-0.1, -0.05) is 60.1 Å². The van der Waals surface area contributed by atoms with Crippen molar-refractivity contribution in [3.05, 3.63) is 69.7 Å². The van der Waals surface area contributed by atoms with Crippen molar-refractivity contribution in [2.24, 2.45) is 0 Å². The number of nitrogens with one attached hydrogen (secondary N) is 1. The van der Waals surface area contributed by atoms with Gasteiger partial charge in [0.2, 0.25) is 5.91 Å². The molecule has 5 nitrogen and oxygen atoms in total. The fraction of sp³-hybridized carbons (Fsp3) is 0.318. The van der Waals surface area contributed by atoms with E-state index in [2.05, 4.69) is 35.1 Å². The lowest BCUT2D eigenvalue weighted by molar-refractivity contribution is -0.121. The molecule has 0 saturated carbocycles. The monoisotopic (exact) mass is 442 g/mol. The Hall–Kier alpha value is -2.47. The maximum atomic E-state index is 12.4. The van der Waals surface area contributed by atoms with Gasteiger partial charge >= 0.3 is 0 Å². The van der Waals surface area contributed by atoms with Crippen LogP contribution in [0.1, 0.15) is 53.0 Å². The highest BCUT2D eigenvalue weighted by Gasteiger charge is 2.35. The molecule has 6 heteroatoms. The van der Waals surface area contributed by atoms with Gasteiger partial charge in [-0.05, 0) is 30.2 Å². The molecular formula is C22H23BrN2O3. The molecule has 146 valence electrons. The lowest BCUT2D eigenvalue weighted by Gasteiger charge is -2.25. The number of benzene rings is 2. The van der Waals surface area contributed by atoms with Gasteiger partial charge in [0.05, 0.1) is 11.1 Å². The van der Waals surface area contributed by atoms with Gasteiger partial charge in [0.15, 0.2) is 0 Å². The molecule has 1 heterocycles. The molecule has 0 aromatic heterocycles. The second-order valence-corrected chi connectivity index (χ2v) is 8.50. The molecule has 0 fully saturated rings. The van der Waals surface area contributed by atoms with E-state index in [4.69, 9.17) is 0 Å². The van der Waals surface area contributed by atoms with Gasteiger partial charge in [0.1, 0.15) is 0 Å². The molecule has 0 atom stereocenters. The summed E-state index contributed by atoms with van der Waals surface area (Å²) in [7, 11) is 0. The first-order valence-corrected chi connectivity index (χ1v) is 10.1. The molecule has 0 aliphatic carbocycles. The van der Waals surface area contributed by atoms with E-state index in [1.54, 1.807) is 18.2 Å². The van der Waals surface area contributed by atoms with Gasteiger partial charge in [-0.3, -0.25) is 19.3 Å². The zero-order valence-electron chi connectivity index (χ0n) is 16.0. The Morgan fingerprint density at radius 1 is 1.04 bits per heavy atom. The lowest BCUT2D eigenvalue weighted by Crippen LogP contribution is -2.37. The number of imide groups is 1. The first-order valence-electron chi connectivity index (χ1n) is 9.27. The number of carbonyl (C=O) groups excluding carboxylic acids is 3. The van der Waals surface area contributed by atoms with Crippen LogP contribution in [0.3, 0.4) is 0 Å². The van der Waals surface area contributed by atoms with Crippen LogP contribution >= 0.6 is 15.9 Å². The van der Waals surface area contributed by atoms with Crippen LogP contribution in [0.5, 0.6) is 0 Å². The maximum Gasteiger partial charge on any atom is 0.261 e. The zero-order valence-corrected chi connectivity index (χ0v) is 17.6. The van der Waals surface area contributed by atoms with Crippen LogP contribution in [0.25, 0.3) is 0 Å². The first kappa shape index (κ1) is 20.3. The summed E-state index contributed by atoms with van der Waals surface area (Å²) in [6.45, 7) is 4.93. The number of hydrogen-bond acceptors (Lipinski definition) is 3. The number of halogens is 1. The number of amides is 3. The van der Waals surface area contributed by atoms with Crippen LogP contribution in [0, 0.1) is 0 Å². The SMILES string of the molecule is CC(C)(CNC(=O)CCCN1C(=O)c2ccc(Br)cc2C1=O)c1ccccc1. The summed E-state index contributed by atoms with van der Waals surface area (Å²) in [5.74, 6) is -0.673. The normalized spacial score (nSPS) is 13.6. The average molecular weight is 443 g/mol. The standard InChI is InChI=1S/C22H23BrN2O3/c1-22(2,15-7-4-3-5-8-15)14-24-19(26)9-6-12-25-20(27)17-11-10-16(23)13-18(17)21(25)28/h3-5,7-8,10-11,13H,6,9,12,14H2,1-2H3,(H,24,26). The summed E-state index contributed by atoms with van der Waals surface area (Å²) in [6.07, 6.45) is 0.701. The molecule has 28 heavy (non-hydrogen) atoms. The minimum absolute atomic E-state index is 0.0802. The molecule has 1 aliphatic heterocycles. The van der Waals surface area contributed by atoms with Crippen molar-refractivity contribution in [1.29, 1.82) is 0 Å². The van der Waals surface area contributed by atoms with Crippen molar-refractivity contribution in [3.8, 4) is 0 Å². The molecule has 0 bridgehead atoms. The van der Waals surface area contributed by atoms with Crippen molar-refractivity contribution < 1.29 is 14.4 Å². The average Bonchev–Trinajstić information content (AvgIpc) is 2.91. The maximum absolute atomic E-state index is 12.4. The van der Waals surface area contributed by atoms with Crippen LogP contribution in [-0.2, 0) is 10.2 Å². The second-order valence-electron chi connectivity index (χ2n) is 7.58. The summed E-state index contributed by atoms with van der Waals surface area (Å²) in [5, 5.41) is 2.96. The van der Waals surface area contributed by atoms with E-state index in [9.17, 15) is 14.4 Å². The number of hydrogen-bond donors (Lipinski definition) is 1. The van der Waals surface area contributed by atoms with Crippen LogP contribution in [0.4, 0.5) is 0 Å². The minimum Gasteiger partial charge on any atom is -0.355 e. The predicted molar refractivity (Wildman–Crippen MR) is 111 cm³/mol. The fourth-order valence-electron chi connectivity index (χ4n) is 3.26. The number of fused-ring (bicyclic) bond motifs is 1. The molecule has 1 aliphatic rings. The van der Waals surface area contributed by atoms with E-state index >= 15 is 0 Å². The number of nitrogens with zero attached hydrogens (tertiary/aromatic N) is 1. The number of rotatable bonds is 7. The zero-order chi connectivity index (χ0) is 20.3. The highest BCUT2D eigenvalue weighted by Crippen LogP contribution is 2.26. The van der Waals surface area contributed by atoms with Crippen molar-refractivity contribution in [2.45, 2.75) is 32.1 Å². The summed E-state index contributed by atoms with van der Waals surface area (Å²) in [5.41, 5.74) is 1.82. The summed E-state index contributed by atoms with van der Waals surface area (Å²) < 4.78 is 0.759. The number of carbonyl (C=O) groups is 3. The summed E-state index contributed by atoms with van der Waals surface area (Å²) in [4.78, 5) is 38.3. The Morgan fingerprint density at radius 3 is 2.43 bits per heavy atom. The molecule has 0 saturated heterocycles. The van der Waals surface area contributed by atoms with Gasteiger partial charge in [-0.15, -0.1) is 0 Å². The molecule has 2 aromatic rings. The third kappa shape index (κ3) is 4.33. The third-order valence-corrected chi connectivity index (χ3v) is 5.49. The van der Waals surface area contributed by atoms with E-state index in [0.717, 1.165) is 10.0 Å². The lowest BCUT2D eigenvalue weighted by atomic mass is 9.84. The Morgan fingerprint density at radius 2 is 1.71 bits per heavy atom. The smallest absolute Gasteiger partial charge is 0.261 e. The van der Waals surface area contributed by atoms with E-state index in [1.807, 2.05) is 30.3 Å². The molecule has 3 amide bonds. The second kappa shape index (κ2) is 8.27. The van der Waals surface area contributed by atoms with Crippen molar-refractivity contribution >= 4 is 33.7 Å². The first-order chi connectivity index (χ1) is 13.3. The topological polar surface area (TPSA) is 66.5 Å². The Labute approximate surface area is 173 Å². The van der Waals surface area contributed by atoms with Gasteiger partial charge in [0.25, 0.3) is 11.8 Å². The van der Waals surface area contributed by atoms with Crippen LogP contribution in [0.2, 0.25) is 0 Å².